The Morgan fingerprint density at radius 1 is 1.34 bits per heavy atom. The molecule has 0 unspecified atom stereocenters. The van der Waals surface area contributed by atoms with Gasteiger partial charge in [-0.15, -0.1) is 11.3 Å². The van der Waals surface area contributed by atoms with Crippen LogP contribution >= 0.6 is 34.4 Å². The quantitative estimate of drug-likeness (QED) is 0.524. The Morgan fingerprint density at radius 3 is 3.03 bits per heavy atom. The molecule has 0 spiro atoms. The van der Waals surface area contributed by atoms with Crippen molar-refractivity contribution >= 4 is 50.6 Å². The van der Waals surface area contributed by atoms with E-state index < -0.39 is 0 Å². The highest BCUT2D eigenvalue weighted by Crippen LogP contribution is 2.34. The highest BCUT2D eigenvalue weighted by molar-refractivity contribution is 7.98. The van der Waals surface area contributed by atoms with E-state index in [9.17, 15) is 9.59 Å². The minimum absolute atomic E-state index is 0.00301. The fourth-order valence-electron chi connectivity index (χ4n) is 3.97. The Bertz CT molecular complexity index is 1080. The molecular weight excluding hydrogens is 422 g/mol. The Balaban J connectivity index is 1.17. The highest BCUT2D eigenvalue weighted by Gasteiger charge is 2.32. The van der Waals surface area contributed by atoms with Gasteiger partial charge in [0.1, 0.15) is 10.7 Å². The van der Waals surface area contributed by atoms with Crippen molar-refractivity contribution in [2.45, 2.75) is 56.9 Å². The summed E-state index contributed by atoms with van der Waals surface area (Å²) in [5, 5.41) is 4.99. The third-order valence-corrected chi connectivity index (χ3v) is 8.45. The van der Waals surface area contributed by atoms with Gasteiger partial charge in [0.05, 0.1) is 11.1 Å². The van der Waals surface area contributed by atoms with Crippen molar-refractivity contribution in [3.8, 4) is 0 Å². The number of hydrogen-bond donors (Lipinski definition) is 1. The minimum Gasteiger partial charge on any atom is -0.335 e. The van der Waals surface area contributed by atoms with E-state index in [0.29, 0.717) is 18.2 Å². The predicted molar refractivity (Wildman–Crippen MR) is 121 cm³/mol. The van der Waals surface area contributed by atoms with E-state index in [0.717, 1.165) is 60.4 Å². The van der Waals surface area contributed by atoms with Gasteiger partial charge >= 0.3 is 0 Å². The second-order valence-corrected chi connectivity index (χ2v) is 10.7. The molecule has 2 aliphatic rings. The van der Waals surface area contributed by atoms with Crippen LogP contribution in [0.1, 0.15) is 47.5 Å². The van der Waals surface area contributed by atoms with Gasteiger partial charge in [0.2, 0.25) is 5.91 Å². The number of amides is 1. The standard InChI is InChI=1S/C21H23N3O2S3/c25-18(24(14-4-5-14)10-13-6-8-27-11-13)7-9-28-12-17-22-20(26)19-15-2-1-3-16(15)29-21(19)23-17/h6,8,11,14H,1-5,7,9-10,12H2,(H,22,23,26). The zero-order chi connectivity index (χ0) is 19.8. The minimum atomic E-state index is -0.00301. The van der Waals surface area contributed by atoms with Crippen LogP contribution in [0, 0.1) is 0 Å². The molecule has 0 atom stereocenters. The van der Waals surface area contributed by atoms with E-state index in [1.54, 1.807) is 34.4 Å². The van der Waals surface area contributed by atoms with Crippen molar-refractivity contribution in [3.05, 3.63) is 49.0 Å². The first-order valence-corrected chi connectivity index (χ1v) is 13.0. The van der Waals surface area contributed by atoms with E-state index in [1.807, 2.05) is 4.90 Å². The first kappa shape index (κ1) is 19.3. The van der Waals surface area contributed by atoms with E-state index >= 15 is 0 Å². The van der Waals surface area contributed by atoms with Gasteiger partial charge in [0.15, 0.2) is 0 Å². The van der Waals surface area contributed by atoms with Crippen molar-refractivity contribution in [1.82, 2.24) is 14.9 Å². The van der Waals surface area contributed by atoms with Gasteiger partial charge in [-0.1, -0.05) is 0 Å². The lowest BCUT2D eigenvalue weighted by molar-refractivity contribution is -0.131. The third-order valence-electron chi connectivity index (χ3n) is 5.56. The molecule has 5 nitrogen and oxygen atoms in total. The molecular formula is C21H23N3O2S3. The number of thiophene rings is 2. The Kier molecular flexibility index (Phi) is 5.49. The monoisotopic (exact) mass is 445 g/mol. The van der Waals surface area contributed by atoms with Crippen molar-refractivity contribution in [2.75, 3.05) is 5.75 Å². The topological polar surface area (TPSA) is 66.1 Å². The first-order valence-electron chi connectivity index (χ1n) is 10.1. The van der Waals surface area contributed by atoms with Gasteiger partial charge in [-0.05, 0) is 60.1 Å². The molecule has 29 heavy (non-hydrogen) atoms. The van der Waals surface area contributed by atoms with Crippen LogP contribution in [0.2, 0.25) is 0 Å². The number of carbonyl (C=O) groups is 1. The normalized spacial score (nSPS) is 15.7. The third kappa shape index (κ3) is 4.15. The molecule has 0 radical (unpaired) electrons. The fourth-order valence-corrected chi connectivity index (χ4v) is 6.71. The molecule has 152 valence electrons. The van der Waals surface area contributed by atoms with Crippen LogP contribution < -0.4 is 5.56 Å². The molecule has 0 saturated heterocycles. The largest absolute Gasteiger partial charge is 0.335 e. The summed E-state index contributed by atoms with van der Waals surface area (Å²) in [6, 6.07) is 2.52. The first-order chi connectivity index (χ1) is 14.2. The molecule has 2 aliphatic carbocycles. The van der Waals surface area contributed by atoms with E-state index in [2.05, 4.69) is 26.8 Å². The predicted octanol–water partition coefficient (Wildman–Crippen LogP) is 4.35. The number of hydrogen-bond acceptors (Lipinski definition) is 6. The van der Waals surface area contributed by atoms with Gasteiger partial charge < -0.3 is 9.88 Å². The van der Waals surface area contributed by atoms with Crippen molar-refractivity contribution in [1.29, 1.82) is 0 Å². The maximum Gasteiger partial charge on any atom is 0.259 e. The van der Waals surface area contributed by atoms with Crippen LogP contribution in [0.4, 0.5) is 0 Å². The summed E-state index contributed by atoms with van der Waals surface area (Å²) < 4.78 is 0. The number of fused-ring (bicyclic) bond motifs is 3. The summed E-state index contributed by atoms with van der Waals surface area (Å²) >= 11 is 5.02. The molecule has 0 aliphatic heterocycles. The number of nitrogens with zero attached hydrogens (tertiary/aromatic N) is 2. The Labute approximate surface area is 181 Å². The zero-order valence-corrected chi connectivity index (χ0v) is 18.6. The number of H-pyrrole nitrogens is 1. The second kappa shape index (κ2) is 8.24. The van der Waals surface area contributed by atoms with Gasteiger partial charge in [-0.3, -0.25) is 9.59 Å². The lowest BCUT2D eigenvalue weighted by Crippen LogP contribution is -2.32. The van der Waals surface area contributed by atoms with Crippen LogP contribution in [-0.2, 0) is 29.9 Å². The molecule has 5 rings (SSSR count). The van der Waals surface area contributed by atoms with Gasteiger partial charge in [-0.25, -0.2) is 4.98 Å². The van der Waals surface area contributed by atoms with Crippen molar-refractivity contribution in [2.24, 2.45) is 0 Å². The van der Waals surface area contributed by atoms with Gasteiger partial charge in [0.25, 0.3) is 5.56 Å². The number of carbonyl (C=O) groups excluding carboxylic acids is 1. The summed E-state index contributed by atoms with van der Waals surface area (Å²) in [6.45, 7) is 0.728. The highest BCUT2D eigenvalue weighted by atomic mass is 32.2. The summed E-state index contributed by atoms with van der Waals surface area (Å²) in [4.78, 5) is 37.1. The van der Waals surface area contributed by atoms with E-state index in [4.69, 9.17) is 0 Å². The lowest BCUT2D eigenvalue weighted by Gasteiger charge is -2.22. The zero-order valence-electron chi connectivity index (χ0n) is 16.1. The average Bonchev–Trinajstić information content (AvgIpc) is 3.08. The number of aryl methyl sites for hydroxylation is 2. The second-order valence-electron chi connectivity index (χ2n) is 7.74. The van der Waals surface area contributed by atoms with E-state index in [-0.39, 0.29) is 11.5 Å². The molecule has 0 bridgehead atoms. The Hall–Kier alpha value is -1.64. The number of rotatable bonds is 8. The van der Waals surface area contributed by atoms with Gasteiger partial charge in [0, 0.05) is 29.6 Å². The van der Waals surface area contributed by atoms with Crippen LogP contribution in [0.5, 0.6) is 0 Å². The summed E-state index contributed by atoms with van der Waals surface area (Å²) in [6.07, 6.45) is 6.00. The van der Waals surface area contributed by atoms with Gasteiger partial charge in [-0.2, -0.15) is 23.1 Å². The maximum absolute atomic E-state index is 12.7. The van der Waals surface area contributed by atoms with Crippen LogP contribution in [0.25, 0.3) is 10.2 Å². The smallest absolute Gasteiger partial charge is 0.259 e. The lowest BCUT2D eigenvalue weighted by atomic mass is 10.2. The average molecular weight is 446 g/mol. The molecule has 1 saturated carbocycles. The molecule has 0 aromatic carbocycles. The number of aromatic amines is 1. The summed E-state index contributed by atoms with van der Waals surface area (Å²) in [7, 11) is 0. The molecule has 3 heterocycles. The van der Waals surface area contributed by atoms with Crippen LogP contribution in [0.3, 0.4) is 0 Å². The number of nitrogens with one attached hydrogen (secondary N) is 1. The number of aromatic nitrogens is 2. The van der Waals surface area contributed by atoms with Crippen LogP contribution in [-0.4, -0.2) is 32.6 Å². The maximum atomic E-state index is 12.7. The summed E-state index contributed by atoms with van der Waals surface area (Å²) in [5.41, 5.74) is 2.44. The SMILES string of the molecule is O=C(CCSCc1nc2sc3c(c2c(=O)[nH]1)CCC3)N(Cc1ccsc1)C1CC1. The summed E-state index contributed by atoms with van der Waals surface area (Å²) in [5.74, 6) is 2.33. The Morgan fingerprint density at radius 2 is 2.24 bits per heavy atom. The molecule has 1 N–H and O–H groups in total. The fraction of sp³-hybridized carbons (Fsp3) is 0.476. The van der Waals surface area contributed by atoms with Crippen LogP contribution in [0.15, 0.2) is 21.6 Å². The molecule has 8 heteroatoms. The molecule has 1 fully saturated rings. The van der Waals surface area contributed by atoms with E-state index in [1.165, 1.54) is 16.0 Å². The van der Waals surface area contributed by atoms with Crippen molar-refractivity contribution in [3.63, 3.8) is 0 Å². The van der Waals surface area contributed by atoms with Crippen molar-refractivity contribution < 1.29 is 4.79 Å². The number of thioether (sulfide) groups is 1. The molecule has 3 aromatic heterocycles. The molecule has 3 aromatic rings. The molecule has 1 amide bonds.